The third kappa shape index (κ3) is 4.68. The number of anilines is 1. The molecule has 0 fully saturated rings. The molecule has 1 N–H and O–H groups in total. The molecule has 1 aliphatic carbocycles. The Morgan fingerprint density at radius 1 is 1.16 bits per heavy atom. The highest BCUT2D eigenvalue weighted by atomic mass is 16.5. The molecule has 164 valence electrons. The van der Waals surface area contributed by atoms with Gasteiger partial charge < -0.3 is 10.1 Å². The number of allylic oxidation sites excluding steroid dienone is 5. The van der Waals surface area contributed by atoms with Crippen LogP contribution in [-0.4, -0.2) is 25.2 Å². The Bertz CT molecular complexity index is 1190. The number of nitrogens with one attached hydrogen (secondary N) is 1. The summed E-state index contributed by atoms with van der Waals surface area (Å²) in [6.45, 7) is 9.81. The van der Waals surface area contributed by atoms with E-state index >= 15 is 0 Å². The van der Waals surface area contributed by atoms with E-state index in [1.165, 1.54) is 33.4 Å². The maximum Gasteiger partial charge on any atom is 0.0723 e. The molecule has 0 saturated heterocycles. The number of methoxy groups -OCH3 is 1. The van der Waals surface area contributed by atoms with Gasteiger partial charge in [-0.3, -0.25) is 4.98 Å². The lowest BCUT2D eigenvalue weighted by Gasteiger charge is -2.22. The monoisotopic (exact) mass is 424 g/mol. The Kier molecular flexibility index (Phi) is 6.87. The van der Waals surface area contributed by atoms with E-state index in [2.05, 4.69) is 79.3 Å². The summed E-state index contributed by atoms with van der Waals surface area (Å²) in [7, 11) is 1.72. The molecule has 1 atom stereocenters. The van der Waals surface area contributed by atoms with Crippen molar-refractivity contribution in [2.24, 2.45) is 5.92 Å². The molecule has 1 aliphatic rings. The molecule has 0 spiro atoms. The fourth-order valence-corrected chi connectivity index (χ4v) is 4.43. The number of hydrogen-bond acceptors (Lipinski definition) is 3. The highest BCUT2D eigenvalue weighted by Crippen LogP contribution is 2.38. The van der Waals surface area contributed by atoms with Gasteiger partial charge in [-0.15, -0.1) is 6.58 Å². The summed E-state index contributed by atoms with van der Waals surface area (Å²) < 4.78 is 5.20. The number of nitrogens with zero attached hydrogens (tertiary/aromatic N) is 1. The van der Waals surface area contributed by atoms with Crippen LogP contribution in [0.4, 0.5) is 5.69 Å². The number of pyridine rings is 1. The molecule has 3 heteroatoms. The van der Waals surface area contributed by atoms with E-state index in [4.69, 9.17) is 4.74 Å². The van der Waals surface area contributed by atoms with E-state index in [-0.39, 0.29) is 0 Å². The second-order valence-corrected chi connectivity index (χ2v) is 8.58. The number of rotatable bonds is 8. The first-order valence-corrected chi connectivity index (χ1v) is 11.3. The van der Waals surface area contributed by atoms with E-state index in [0.717, 1.165) is 36.0 Å². The van der Waals surface area contributed by atoms with E-state index in [1.807, 2.05) is 18.3 Å². The first-order chi connectivity index (χ1) is 15.6. The number of hydrogen-bond donors (Lipinski definition) is 1. The van der Waals surface area contributed by atoms with Crippen molar-refractivity contribution in [1.82, 2.24) is 4.98 Å². The smallest absolute Gasteiger partial charge is 0.0723 e. The Hall–Kier alpha value is -3.17. The van der Waals surface area contributed by atoms with Crippen molar-refractivity contribution in [3.63, 3.8) is 0 Å². The van der Waals surface area contributed by atoms with Gasteiger partial charge in [0.1, 0.15) is 0 Å². The SMILES string of the molecule is C=CCc1ccc(C2=C(c3ccc4nccc(NCCOC)c4c3)C=CC(C)C2)cc1C. The number of aromatic nitrogens is 1. The first-order valence-electron chi connectivity index (χ1n) is 11.3. The molecule has 32 heavy (non-hydrogen) atoms. The lowest BCUT2D eigenvalue weighted by Crippen LogP contribution is -2.08. The minimum atomic E-state index is 0.523. The van der Waals surface area contributed by atoms with E-state index in [0.29, 0.717) is 12.5 Å². The number of aryl methyl sites for hydroxylation is 1. The highest BCUT2D eigenvalue weighted by molar-refractivity contribution is 6.00. The fraction of sp³-hybridized carbons (Fsp3) is 0.276. The Balaban J connectivity index is 1.80. The van der Waals surface area contributed by atoms with Crippen LogP contribution in [0.15, 0.2) is 73.5 Å². The molecular formula is C29H32N2O. The summed E-state index contributed by atoms with van der Waals surface area (Å²) in [5.41, 5.74) is 10.00. The van der Waals surface area contributed by atoms with Gasteiger partial charge in [-0.1, -0.05) is 49.4 Å². The van der Waals surface area contributed by atoms with Gasteiger partial charge in [0, 0.05) is 30.9 Å². The summed E-state index contributed by atoms with van der Waals surface area (Å²) in [6, 6.07) is 15.5. The minimum Gasteiger partial charge on any atom is -0.383 e. The Labute approximate surface area is 191 Å². The molecule has 0 radical (unpaired) electrons. The van der Waals surface area contributed by atoms with Gasteiger partial charge in [0.2, 0.25) is 0 Å². The zero-order valence-corrected chi connectivity index (χ0v) is 19.3. The second-order valence-electron chi connectivity index (χ2n) is 8.58. The quantitative estimate of drug-likeness (QED) is 0.318. The third-order valence-electron chi connectivity index (χ3n) is 6.17. The summed E-state index contributed by atoms with van der Waals surface area (Å²) in [5, 5.41) is 4.62. The van der Waals surface area contributed by atoms with Crippen molar-refractivity contribution >= 4 is 27.7 Å². The average Bonchev–Trinajstić information content (AvgIpc) is 2.80. The van der Waals surface area contributed by atoms with Crippen LogP contribution in [0, 0.1) is 12.8 Å². The van der Waals surface area contributed by atoms with Crippen LogP contribution in [-0.2, 0) is 11.2 Å². The van der Waals surface area contributed by atoms with Gasteiger partial charge in [-0.05, 0) is 77.3 Å². The van der Waals surface area contributed by atoms with Crippen LogP contribution in [0.1, 0.15) is 35.6 Å². The Morgan fingerprint density at radius 2 is 2.00 bits per heavy atom. The summed E-state index contributed by atoms with van der Waals surface area (Å²) >= 11 is 0. The molecular weight excluding hydrogens is 392 g/mol. The van der Waals surface area contributed by atoms with Gasteiger partial charge >= 0.3 is 0 Å². The first kappa shape index (κ1) is 22.0. The van der Waals surface area contributed by atoms with Crippen molar-refractivity contribution in [3.05, 3.63) is 95.7 Å². The van der Waals surface area contributed by atoms with Crippen LogP contribution in [0.5, 0.6) is 0 Å². The summed E-state index contributed by atoms with van der Waals surface area (Å²) in [4.78, 5) is 4.57. The zero-order chi connectivity index (χ0) is 22.5. The van der Waals surface area contributed by atoms with Gasteiger partial charge in [0.15, 0.2) is 0 Å². The maximum absolute atomic E-state index is 5.20. The van der Waals surface area contributed by atoms with Crippen molar-refractivity contribution in [2.45, 2.75) is 26.7 Å². The van der Waals surface area contributed by atoms with Gasteiger partial charge in [0.25, 0.3) is 0 Å². The average molecular weight is 425 g/mol. The van der Waals surface area contributed by atoms with Crippen molar-refractivity contribution < 1.29 is 4.74 Å². The minimum absolute atomic E-state index is 0.523. The van der Waals surface area contributed by atoms with E-state index in [1.54, 1.807) is 7.11 Å². The molecule has 1 heterocycles. The zero-order valence-electron chi connectivity index (χ0n) is 19.3. The highest BCUT2D eigenvalue weighted by Gasteiger charge is 2.18. The molecule has 1 aromatic heterocycles. The molecule has 3 nitrogen and oxygen atoms in total. The second kappa shape index (κ2) is 9.97. The van der Waals surface area contributed by atoms with Crippen molar-refractivity contribution in [3.8, 4) is 0 Å². The molecule has 0 amide bonds. The predicted octanol–water partition coefficient (Wildman–Crippen LogP) is 6.84. The standard InChI is InChI=1S/C29H32N2O/c1-5-6-22-8-9-23(18-21(22)3)26-17-20(2)7-11-25(26)24-10-12-28-27(19-24)29(13-14-30-28)31-15-16-32-4/h5,7-14,18-20H,1,6,15-17H2,2-4H3,(H,30,31). The van der Waals surface area contributed by atoms with Crippen LogP contribution in [0.3, 0.4) is 0 Å². The van der Waals surface area contributed by atoms with Crippen molar-refractivity contribution in [2.75, 3.05) is 25.6 Å². The normalized spacial score (nSPS) is 15.9. The molecule has 0 bridgehead atoms. The van der Waals surface area contributed by atoms with Crippen LogP contribution >= 0.6 is 0 Å². The van der Waals surface area contributed by atoms with Crippen LogP contribution in [0.25, 0.3) is 22.0 Å². The van der Waals surface area contributed by atoms with E-state index in [9.17, 15) is 0 Å². The van der Waals surface area contributed by atoms with Gasteiger partial charge in [-0.2, -0.15) is 0 Å². The van der Waals surface area contributed by atoms with Crippen LogP contribution < -0.4 is 5.32 Å². The van der Waals surface area contributed by atoms with Gasteiger partial charge in [-0.25, -0.2) is 0 Å². The molecule has 0 aliphatic heterocycles. The predicted molar refractivity (Wildman–Crippen MR) is 137 cm³/mol. The van der Waals surface area contributed by atoms with E-state index < -0.39 is 0 Å². The number of ether oxygens (including phenoxy) is 1. The molecule has 2 aromatic carbocycles. The third-order valence-corrected chi connectivity index (χ3v) is 6.17. The molecule has 1 unspecified atom stereocenters. The number of fused-ring (bicyclic) bond motifs is 1. The lowest BCUT2D eigenvalue weighted by molar-refractivity contribution is 0.211. The maximum atomic E-state index is 5.20. The lowest BCUT2D eigenvalue weighted by atomic mass is 9.83. The summed E-state index contributed by atoms with van der Waals surface area (Å²) in [5.74, 6) is 0.523. The van der Waals surface area contributed by atoms with Crippen LogP contribution in [0.2, 0.25) is 0 Å². The van der Waals surface area contributed by atoms with Gasteiger partial charge in [0.05, 0.1) is 12.1 Å². The largest absolute Gasteiger partial charge is 0.383 e. The Morgan fingerprint density at radius 3 is 2.78 bits per heavy atom. The molecule has 3 aromatic rings. The topological polar surface area (TPSA) is 34.2 Å². The molecule has 4 rings (SSSR count). The van der Waals surface area contributed by atoms with Crippen molar-refractivity contribution in [1.29, 1.82) is 0 Å². The summed E-state index contributed by atoms with van der Waals surface area (Å²) in [6.07, 6.45) is 10.4. The molecule has 0 saturated carbocycles. The number of benzene rings is 2. The fourth-order valence-electron chi connectivity index (χ4n) is 4.43.